The van der Waals surface area contributed by atoms with Gasteiger partial charge in [0.1, 0.15) is 11.6 Å². The van der Waals surface area contributed by atoms with Crippen LogP contribution < -0.4 is 4.74 Å². The maximum Gasteiger partial charge on any atom is 0.216 e. The van der Waals surface area contributed by atoms with E-state index in [2.05, 4.69) is 0 Å². The van der Waals surface area contributed by atoms with Crippen LogP contribution in [-0.4, -0.2) is 23.9 Å². The largest absolute Gasteiger partial charge is 0.618 e. The molecule has 2 aromatic rings. The molecule has 23 heavy (non-hydrogen) atoms. The van der Waals surface area contributed by atoms with Gasteiger partial charge in [0, 0.05) is 24.1 Å². The van der Waals surface area contributed by atoms with E-state index in [0.717, 1.165) is 31.4 Å². The normalized spacial score (nSPS) is 18.7. The molecule has 4 nitrogen and oxygen atoms in total. The second-order valence-corrected chi connectivity index (χ2v) is 5.41. The van der Waals surface area contributed by atoms with Crippen LogP contribution in [0.2, 0.25) is 0 Å². The fourth-order valence-electron chi connectivity index (χ4n) is 2.39. The van der Waals surface area contributed by atoms with Crippen LogP contribution in [-0.2, 0) is 4.74 Å². The molecule has 1 fully saturated rings. The van der Waals surface area contributed by atoms with E-state index in [1.54, 1.807) is 12.1 Å². The molecule has 1 heterocycles. The Morgan fingerprint density at radius 1 is 1.09 bits per heavy atom. The van der Waals surface area contributed by atoms with Gasteiger partial charge >= 0.3 is 0 Å². The molecule has 0 N–H and O–H groups in total. The van der Waals surface area contributed by atoms with Gasteiger partial charge in [-0.2, -0.15) is 4.74 Å². The third-order valence-electron chi connectivity index (χ3n) is 3.63. The highest BCUT2D eigenvalue weighted by atomic mass is 19.1. The Bertz CT molecular complexity index is 662. The predicted octanol–water partition coefficient (Wildman–Crippen LogP) is 3.99. The van der Waals surface area contributed by atoms with Gasteiger partial charge in [0.05, 0.1) is 6.61 Å². The van der Waals surface area contributed by atoms with E-state index < -0.39 is 0 Å². The van der Waals surface area contributed by atoms with Crippen molar-refractivity contribution in [2.75, 3.05) is 6.61 Å². The molecule has 1 atom stereocenters. The zero-order valence-corrected chi connectivity index (χ0v) is 12.7. The van der Waals surface area contributed by atoms with Crippen molar-refractivity contribution >= 4 is 11.9 Å². The fraction of sp³-hybridized carbons (Fsp3) is 0.278. The Kier molecular flexibility index (Phi) is 4.88. The minimum absolute atomic E-state index is 0.186. The van der Waals surface area contributed by atoms with E-state index in [4.69, 9.17) is 9.47 Å². The summed E-state index contributed by atoms with van der Waals surface area (Å²) in [5.41, 5.74) is 1.11. The molecular weight excluding hydrogens is 297 g/mol. The van der Waals surface area contributed by atoms with Gasteiger partial charge in [-0.3, -0.25) is 0 Å². The average molecular weight is 315 g/mol. The number of halogens is 1. The molecule has 0 bridgehead atoms. The molecule has 3 rings (SSSR count). The number of nitrogens with zero attached hydrogens (tertiary/aromatic N) is 1. The molecule has 1 aliphatic heterocycles. The van der Waals surface area contributed by atoms with E-state index in [-0.39, 0.29) is 12.1 Å². The topological polar surface area (TPSA) is 44.5 Å². The predicted molar refractivity (Wildman–Crippen MR) is 85.5 cm³/mol. The summed E-state index contributed by atoms with van der Waals surface area (Å²) in [7, 11) is 0. The molecule has 5 heteroatoms. The quantitative estimate of drug-likeness (QED) is 0.371. The van der Waals surface area contributed by atoms with Crippen LogP contribution in [0.25, 0.3) is 0 Å². The smallest absolute Gasteiger partial charge is 0.216 e. The molecule has 1 saturated heterocycles. The summed E-state index contributed by atoms with van der Waals surface area (Å²) < 4.78 is 24.8. The van der Waals surface area contributed by atoms with Crippen molar-refractivity contribution in [1.29, 1.82) is 0 Å². The second-order valence-electron chi connectivity index (χ2n) is 5.41. The number of hydrogen-bond acceptors (Lipinski definition) is 3. The lowest BCUT2D eigenvalue weighted by Crippen LogP contribution is -2.24. The first-order valence-corrected chi connectivity index (χ1v) is 7.66. The monoisotopic (exact) mass is 315 g/mol. The molecule has 1 unspecified atom stereocenters. The Balaban J connectivity index is 1.66. The third kappa shape index (κ3) is 4.29. The minimum Gasteiger partial charge on any atom is -0.618 e. The van der Waals surface area contributed by atoms with Crippen LogP contribution in [0.15, 0.2) is 48.5 Å². The molecule has 120 valence electrons. The van der Waals surface area contributed by atoms with Crippen molar-refractivity contribution in [1.82, 2.24) is 0 Å². The third-order valence-corrected chi connectivity index (χ3v) is 3.63. The summed E-state index contributed by atoms with van der Waals surface area (Å²) >= 11 is 0. The number of hydrogen-bond donors (Lipinski definition) is 0. The van der Waals surface area contributed by atoms with Crippen molar-refractivity contribution in [2.45, 2.75) is 25.6 Å². The lowest BCUT2D eigenvalue weighted by molar-refractivity contribution is -0.354. The molecule has 0 saturated carbocycles. The lowest BCUT2D eigenvalue weighted by Gasteiger charge is -2.23. The maximum atomic E-state index is 12.9. The summed E-state index contributed by atoms with van der Waals surface area (Å²) in [6, 6.07) is 12.6. The van der Waals surface area contributed by atoms with Gasteiger partial charge in [-0.05, 0) is 49.2 Å². The van der Waals surface area contributed by atoms with Gasteiger partial charge in [0.25, 0.3) is 0 Å². The van der Waals surface area contributed by atoms with Crippen molar-refractivity contribution in [3.63, 3.8) is 0 Å². The maximum absolute atomic E-state index is 12.9. The van der Waals surface area contributed by atoms with Crippen molar-refractivity contribution in [3.05, 3.63) is 65.1 Å². The SMILES string of the molecule is [O-]/[N+](=C\c1ccc(OC2CCCCO2)cc1)c1ccc(F)cc1. The van der Waals surface area contributed by atoms with Gasteiger partial charge in [-0.15, -0.1) is 0 Å². The molecule has 0 aromatic heterocycles. The van der Waals surface area contributed by atoms with Crippen LogP contribution in [0.1, 0.15) is 24.8 Å². The van der Waals surface area contributed by atoms with Crippen molar-refractivity contribution in [3.8, 4) is 5.75 Å². The summed E-state index contributed by atoms with van der Waals surface area (Å²) in [6.07, 6.45) is 4.34. The Hall–Kier alpha value is -2.40. The van der Waals surface area contributed by atoms with Crippen LogP contribution in [0.5, 0.6) is 5.75 Å². The lowest BCUT2D eigenvalue weighted by atomic mass is 10.2. The first kappa shape index (κ1) is 15.5. The first-order valence-electron chi connectivity index (χ1n) is 7.66. The van der Waals surface area contributed by atoms with E-state index in [0.29, 0.717) is 16.2 Å². The number of ether oxygens (including phenoxy) is 2. The van der Waals surface area contributed by atoms with Gasteiger partial charge in [0.2, 0.25) is 5.69 Å². The molecule has 2 aromatic carbocycles. The average Bonchev–Trinajstić information content (AvgIpc) is 2.58. The molecule has 0 aliphatic carbocycles. The Morgan fingerprint density at radius 2 is 1.83 bits per heavy atom. The van der Waals surface area contributed by atoms with E-state index in [1.165, 1.54) is 30.5 Å². The second kappa shape index (κ2) is 7.24. The van der Waals surface area contributed by atoms with Crippen molar-refractivity contribution < 1.29 is 18.6 Å². The van der Waals surface area contributed by atoms with Gasteiger partial charge in [-0.1, -0.05) is 0 Å². The summed E-state index contributed by atoms with van der Waals surface area (Å²) in [5, 5.41) is 12.0. The van der Waals surface area contributed by atoms with E-state index in [1.807, 2.05) is 12.1 Å². The number of rotatable bonds is 4. The Labute approximate surface area is 134 Å². The number of benzene rings is 2. The highest BCUT2D eigenvalue weighted by Gasteiger charge is 2.15. The van der Waals surface area contributed by atoms with Gasteiger partial charge < -0.3 is 14.7 Å². The summed E-state index contributed by atoms with van der Waals surface area (Å²) in [6.45, 7) is 0.735. The first-order chi connectivity index (χ1) is 11.2. The zero-order chi connectivity index (χ0) is 16.1. The molecule has 0 amide bonds. The van der Waals surface area contributed by atoms with Crippen LogP contribution in [0.4, 0.5) is 10.1 Å². The highest BCUT2D eigenvalue weighted by molar-refractivity contribution is 5.76. The molecular formula is C18H18FNO3. The van der Waals surface area contributed by atoms with Crippen LogP contribution >= 0.6 is 0 Å². The summed E-state index contributed by atoms with van der Waals surface area (Å²) in [5.74, 6) is 0.349. The zero-order valence-electron chi connectivity index (χ0n) is 12.7. The highest BCUT2D eigenvalue weighted by Crippen LogP contribution is 2.19. The standard InChI is InChI=1S/C18H18FNO3/c19-15-6-8-16(9-7-15)20(21)13-14-4-10-17(11-5-14)23-18-3-1-2-12-22-18/h4-11,13,18H,1-3,12H2/b20-13-. The van der Waals surface area contributed by atoms with Gasteiger partial charge in [0.15, 0.2) is 12.5 Å². The molecule has 1 aliphatic rings. The van der Waals surface area contributed by atoms with Crippen LogP contribution in [0.3, 0.4) is 0 Å². The van der Waals surface area contributed by atoms with Crippen LogP contribution in [0, 0.1) is 11.0 Å². The van der Waals surface area contributed by atoms with Gasteiger partial charge in [-0.25, -0.2) is 4.39 Å². The molecule has 0 spiro atoms. The van der Waals surface area contributed by atoms with Crippen molar-refractivity contribution in [2.24, 2.45) is 0 Å². The van der Waals surface area contributed by atoms with E-state index in [9.17, 15) is 9.60 Å². The fourth-order valence-corrected chi connectivity index (χ4v) is 2.39. The minimum atomic E-state index is -0.367. The molecule has 0 radical (unpaired) electrons. The summed E-state index contributed by atoms with van der Waals surface area (Å²) in [4.78, 5) is 0. The Morgan fingerprint density at radius 3 is 2.48 bits per heavy atom. The van der Waals surface area contributed by atoms with E-state index >= 15 is 0 Å².